The Labute approximate surface area is 309 Å². The van der Waals surface area contributed by atoms with Crippen molar-refractivity contribution in [3.8, 4) is 0 Å². The average Bonchev–Trinajstić information content (AvgIpc) is 3.63. The van der Waals surface area contributed by atoms with Gasteiger partial charge in [-0.05, 0) is 80.6 Å². The number of aliphatic hydroxyl groups is 6. The predicted octanol–water partition coefficient (Wildman–Crippen LogP) is 0.476. The lowest BCUT2D eigenvalue weighted by molar-refractivity contribution is -0.362. The lowest BCUT2D eigenvalue weighted by Crippen LogP contribution is -2.64. The van der Waals surface area contributed by atoms with Gasteiger partial charge in [0.25, 0.3) is 0 Å². The fourth-order valence-electron chi connectivity index (χ4n) is 11.9. The van der Waals surface area contributed by atoms with Gasteiger partial charge in [-0.2, -0.15) is 0 Å². The number of methoxy groups -OCH3 is 1. The second-order valence-electron chi connectivity index (χ2n) is 17.3. The minimum atomic E-state index is -1.62. The molecule has 53 heavy (non-hydrogen) atoms. The fraction of sp³-hybridized carbons (Fsp3) is 0.895. The van der Waals surface area contributed by atoms with Crippen LogP contribution in [-0.4, -0.2) is 142 Å². The molecule has 0 radical (unpaired) electrons. The minimum absolute atomic E-state index is 0.00547. The molecule has 0 aromatic carbocycles. The summed E-state index contributed by atoms with van der Waals surface area (Å²) in [7, 11) is 1.42. The van der Waals surface area contributed by atoms with Gasteiger partial charge in [0.05, 0.1) is 24.4 Å². The molecule has 0 bridgehead atoms. The SMILES string of the molecule is CO[C@@H]1[C@@H](O)[C@H](O[C@H]2CC[C@@]3(C)[C@H](CC[C@@H]4[C@@H]3CC[C@]3(C)[C@@H](C5=CC(=O)OC5)[C@H](OC(C)=O)C[C@]43O)C2)O[C@H](C)[C@@H]1O[C@@H]1O[C@H](CO)[C@@H](O)[C@H](O)[C@H]1O. The molecule has 2 saturated heterocycles. The van der Waals surface area contributed by atoms with Crippen molar-refractivity contribution in [1.29, 1.82) is 0 Å². The number of carbonyl (C=O) groups is 2. The van der Waals surface area contributed by atoms with Gasteiger partial charge < -0.3 is 63.8 Å². The Kier molecular flexibility index (Phi) is 10.9. The summed E-state index contributed by atoms with van der Waals surface area (Å²) in [5.74, 6) is -0.574. The molecule has 0 amide bonds. The quantitative estimate of drug-likeness (QED) is 0.147. The van der Waals surface area contributed by atoms with Crippen LogP contribution in [-0.2, 0) is 42.7 Å². The average molecular weight is 755 g/mol. The van der Waals surface area contributed by atoms with Crippen LogP contribution in [0.25, 0.3) is 0 Å². The number of ether oxygens (including phenoxy) is 7. The van der Waals surface area contributed by atoms with E-state index in [4.69, 9.17) is 33.2 Å². The van der Waals surface area contributed by atoms with Gasteiger partial charge in [-0.25, -0.2) is 4.79 Å². The topological polar surface area (TPSA) is 220 Å². The molecule has 4 saturated carbocycles. The van der Waals surface area contributed by atoms with Crippen molar-refractivity contribution < 1.29 is 73.4 Å². The van der Waals surface area contributed by atoms with E-state index in [0.717, 1.165) is 50.5 Å². The second kappa shape index (κ2) is 14.6. The lowest BCUT2D eigenvalue weighted by atomic mass is 9.43. The molecule has 6 N–H and O–H groups in total. The largest absolute Gasteiger partial charge is 0.462 e. The van der Waals surface area contributed by atoms with Gasteiger partial charge in [0.1, 0.15) is 55.4 Å². The Morgan fingerprint density at radius 1 is 0.925 bits per heavy atom. The molecule has 7 rings (SSSR count). The second-order valence-corrected chi connectivity index (χ2v) is 17.3. The molecule has 6 fully saturated rings. The lowest BCUT2D eigenvalue weighted by Gasteiger charge is -2.63. The van der Waals surface area contributed by atoms with Crippen LogP contribution < -0.4 is 0 Å². The summed E-state index contributed by atoms with van der Waals surface area (Å²) in [6, 6.07) is 0. The number of fused-ring (bicyclic) bond motifs is 5. The Morgan fingerprint density at radius 3 is 2.32 bits per heavy atom. The Hall–Kier alpha value is -1.76. The van der Waals surface area contributed by atoms with Gasteiger partial charge in [-0.15, -0.1) is 0 Å². The molecule has 4 aliphatic carbocycles. The van der Waals surface area contributed by atoms with Crippen molar-refractivity contribution in [2.75, 3.05) is 20.3 Å². The zero-order valence-corrected chi connectivity index (χ0v) is 31.2. The Balaban J connectivity index is 1.02. The molecule has 3 aliphatic heterocycles. The molecule has 19 atom stereocenters. The van der Waals surface area contributed by atoms with E-state index in [0.29, 0.717) is 12.3 Å². The third-order valence-corrected chi connectivity index (χ3v) is 14.7. The van der Waals surface area contributed by atoms with Crippen LogP contribution in [0.5, 0.6) is 0 Å². The van der Waals surface area contributed by atoms with Crippen molar-refractivity contribution in [2.45, 2.75) is 158 Å². The molecular formula is C38H58O15. The van der Waals surface area contributed by atoms with Crippen molar-refractivity contribution in [1.82, 2.24) is 0 Å². The van der Waals surface area contributed by atoms with Crippen LogP contribution in [0.3, 0.4) is 0 Å². The van der Waals surface area contributed by atoms with Crippen LogP contribution in [0, 0.1) is 34.5 Å². The highest BCUT2D eigenvalue weighted by molar-refractivity contribution is 5.85. The summed E-state index contributed by atoms with van der Waals surface area (Å²) in [4.78, 5) is 24.4. The molecule has 300 valence electrons. The molecule has 0 aromatic heterocycles. The normalized spacial score (nSPS) is 52.5. The summed E-state index contributed by atoms with van der Waals surface area (Å²) in [6.45, 7) is 7.09. The highest BCUT2D eigenvalue weighted by atomic mass is 16.7. The number of carbonyl (C=O) groups excluding carboxylic acids is 2. The van der Waals surface area contributed by atoms with Crippen molar-refractivity contribution >= 4 is 11.9 Å². The van der Waals surface area contributed by atoms with E-state index in [1.807, 2.05) is 0 Å². The van der Waals surface area contributed by atoms with E-state index in [2.05, 4.69) is 13.8 Å². The van der Waals surface area contributed by atoms with E-state index in [1.54, 1.807) is 6.92 Å². The van der Waals surface area contributed by atoms with Crippen molar-refractivity contribution in [3.05, 3.63) is 11.6 Å². The number of hydrogen-bond donors (Lipinski definition) is 6. The maximum atomic E-state index is 12.8. The minimum Gasteiger partial charge on any atom is -0.462 e. The molecule has 0 unspecified atom stereocenters. The van der Waals surface area contributed by atoms with Crippen LogP contribution in [0.2, 0.25) is 0 Å². The monoisotopic (exact) mass is 754 g/mol. The maximum Gasteiger partial charge on any atom is 0.331 e. The smallest absolute Gasteiger partial charge is 0.331 e. The van der Waals surface area contributed by atoms with E-state index in [-0.39, 0.29) is 35.9 Å². The van der Waals surface area contributed by atoms with Gasteiger partial charge in [0.2, 0.25) is 0 Å². The number of cyclic esters (lactones) is 1. The first-order chi connectivity index (χ1) is 25.1. The summed E-state index contributed by atoms with van der Waals surface area (Å²) >= 11 is 0. The zero-order valence-electron chi connectivity index (χ0n) is 31.2. The van der Waals surface area contributed by atoms with Crippen LogP contribution in [0.4, 0.5) is 0 Å². The first-order valence-electron chi connectivity index (χ1n) is 19.3. The third-order valence-electron chi connectivity index (χ3n) is 14.7. The zero-order chi connectivity index (χ0) is 38.2. The molecule has 3 heterocycles. The summed E-state index contributed by atoms with van der Waals surface area (Å²) in [5, 5.41) is 64.8. The first-order valence-corrected chi connectivity index (χ1v) is 19.3. The molecule has 7 aliphatic rings. The van der Waals surface area contributed by atoms with Crippen molar-refractivity contribution in [3.63, 3.8) is 0 Å². The van der Waals surface area contributed by atoms with Gasteiger partial charge in [0, 0.05) is 37.9 Å². The molecule has 0 aromatic rings. The summed E-state index contributed by atoms with van der Waals surface area (Å²) in [5.41, 5.74) is -0.960. The predicted molar refractivity (Wildman–Crippen MR) is 181 cm³/mol. The number of aliphatic hydroxyl groups excluding tert-OH is 5. The van der Waals surface area contributed by atoms with E-state index in [9.17, 15) is 40.2 Å². The van der Waals surface area contributed by atoms with Gasteiger partial charge >= 0.3 is 11.9 Å². The number of hydrogen-bond acceptors (Lipinski definition) is 15. The summed E-state index contributed by atoms with van der Waals surface area (Å²) < 4.78 is 41.0. The standard InChI is InChI=1S/C38H58O15/c1-17-32(53-34-30(44)29(43)28(42)25(15-39)52-34)33(47-5)31(45)35(49-17)51-21-8-10-36(3)20(13-21)6-7-23-22(36)9-11-37(4)27(19-12-26(41)48-16-19)24(50-18(2)40)14-38(23,37)46/h12,17,20-25,27-35,39,42-46H,6-11,13-16H2,1-5H3/t17-,20-,21+,22+,23-,24-,25-,27+,28-,29+,30-,31-,32+,33-,34+,35+,36+,37-,38+/m1/s1. The molecule has 15 heteroatoms. The highest BCUT2D eigenvalue weighted by Crippen LogP contribution is 2.70. The van der Waals surface area contributed by atoms with Crippen LogP contribution in [0.15, 0.2) is 11.6 Å². The van der Waals surface area contributed by atoms with Gasteiger partial charge in [-0.1, -0.05) is 13.8 Å². The van der Waals surface area contributed by atoms with Crippen LogP contribution in [0.1, 0.15) is 79.1 Å². The number of rotatable bonds is 8. The Morgan fingerprint density at radius 2 is 1.66 bits per heavy atom. The first kappa shape index (κ1) is 39.5. The molecular weight excluding hydrogens is 696 g/mol. The number of esters is 2. The van der Waals surface area contributed by atoms with E-state index < -0.39 is 97.1 Å². The van der Waals surface area contributed by atoms with Crippen molar-refractivity contribution in [2.24, 2.45) is 34.5 Å². The summed E-state index contributed by atoms with van der Waals surface area (Å²) in [6.07, 6.45) is -5.51. The van der Waals surface area contributed by atoms with Crippen LogP contribution >= 0.6 is 0 Å². The van der Waals surface area contributed by atoms with Gasteiger partial charge in [0.15, 0.2) is 12.6 Å². The highest BCUT2D eigenvalue weighted by Gasteiger charge is 2.71. The Bertz CT molecular complexity index is 1410. The van der Waals surface area contributed by atoms with E-state index in [1.165, 1.54) is 20.1 Å². The maximum absolute atomic E-state index is 12.8. The molecule has 0 spiro atoms. The molecule has 15 nitrogen and oxygen atoms in total. The fourth-order valence-corrected chi connectivity index (χ4v) is 11.9. The van der Waals surface area contributed by atoms with E-state index >= 15 is 0 Å². The third kappa shape index (κ3) is 6.49. The van der Waals surface area contributed by atoms with Gasteiger partial charge in [-0.3, -0.25) is 4.79 Å².